The van der Waals surface area contributed by atoms with Crippen LogP contribution in [-0.2, 0) is 0 Å². The van der Waals surface area contributed by atoms with Crippen LogP contribution in [0.3, 0.4) is 0 Å². The fraction of sp³-hybridized carbons (Fsp3) is 0.235. The monoisotopic (exact) mass is 270 g/mol. The summed E-state index contributed by atoms with van der Waals surface area (Å²) in [6, 6.07) is 16.1. The SMILES string of the molecule is CCC(O)COc1ccc(C(=O)c2ccccc2)cc1. The second-order valence-corrected chi connectivity index (χ2v) is 4.59. The average Bonchev–Trinajstić information content (AvgIpc) is 2.53. The highest BCUT2D eigenvalue weighted by atomic mass is 16.5. The van der Waals surface area contributed by atoms with Crippen LogP contribution < -0.4 is 4.74 Å². The summed E-state index contributed by atoms with van der Waals surface area (Å²) >= 11 is 0. The third-order valence-corrected chi connectivity index (χ3v) is 3.07. The van der Waals surface area contributed by atoms with Crippen molar-refractivity contribution in [3.05, 3.63) is 65.7 Å². The van der Waals surface area contributed by atoms with Crippen molar-refractivity contribution >= 4 is 5.78 Å². The summed E-state index contributed by atoms with van der Waals surface area (Å²) in [6.45, 7) is 2.16. The third-order valence-electron chi connectivity index (χ3n) is 3.07. The highest BCUT2D eigenvalue weighted by molar-refractivity contribution is 6.08. The molecule has 1 N–H and O–H groups in total. The first-order valence-corrected chi connectivity index (χ1v) is 6.71. The van der Waals surface area contributed by atoms with Gasteiger partial charge in [0, 0.05) is 11.1 Å². The Morgan fingerprint density at radius 1 is 1.05 bits per heavy atom. The fourth-order valence-electron chi connectivity index (χ4n) is 1.77. The summed E-state index contributed by atoms with van der Waals surface area (Å²) in [5, 5.41) is 9.43. The van der Waals surface area contributed by atoms with E-state index in [0.717, 1.165) is 0 Å². The van der Waals surface area contributed by atoms with Crippen LogP contribution in [0.25, 0.3) is 0 Å². The number of carbonyl (C=O) groups is 1. The molecule has 0 aliphatic heterocycles. The summed E-state index contributed by atoms with van der Waals surface area (Å²) in [7, 11) is 0. The minimum Gasteiger partial charge on any atom is -0.491 e. The second kappa shape index (κ2) is 6.87. The quantitative estimate of drug-likeness (QED) is 0.821. The average molecular weight is 270 g/mol. The molecule has 0 aromatic heterocycles. The van der Waals surface area contributed by atoms with E-state index in [2.05, 4.69) is 0 Å². The number of aliphatic hydroxyl groups excluding tert-OH is 1. The summed E-state index contributed by atoms with van der Waals surface area (Å²) in [6.07, 6.45) is 0.200. The maximum absolute atomic E-state index is 12.2. The van der Waals surface area contributed by atoms with Crippen molar-refractivity contribution in [1.82, 2.24) is 0 Å². The van der Waals surface area contributed by atoms with Crippen LogP contribution in [0, 0.1) is 0 Å². The largest absolute Gasteiger partial charge is 0.491 e. The van der Waals surface area contributed by atoms with Gasteiger partial charge in [0.2, 0.25) is 0 Å². The standard InChI is InChI=1S/C17H18O3/c1-2-15(18)12-20-16-10-8-14(9-11-16)17(19)13-6-4-3-5-7-13/h3-11,15,18H,2,12H2,1H3. The van der Waals surface area contributed by atoms with Crippen molar-refractivity contribution in [3.8, 4) is 5.75 Å². The highest BCUT2D eigenvalue weighted by Gasteiger charge is 2.08. The molecular formula is C17H18O3. The molecule has 3 heteroatoms. The Labute approximate surface area is 118 Å². The highest BCUT2D eigenvalue weighted by Crippen LogP contribution is 2.15. The number of hydrogen-bond acceptors (Lipinski definition) is 3. The second-order valence-electron chi connectivity index (χ2n) is 4.59. The van der Waals surface area contributed by atoms with Gasteiger partial charge in [-0.25, -0.2) is 0 Å². The third kappa shape index (κ3) is 3.68. The van der Waals surface area contributed by atoms with E-state index in [9.17, 15) is 9.90 Å². The first kappa shape index (κ1) is 14.3. The topological polar surface area (TPSA) is 46.5 Å². The molecule has 20 heavy (non-hydrogen) atoms. The molecular weight excluding hydrogens is 252 g/mol. The van der Waals surface area contributed by atoms with Crippen molar-refractivity contribution in [1.29, 1.82) is 0 Å². The first-order chi connectivity index (χ1) is 9.70. The fourth-order valence-corrected chi connectivity index (χ4v) is 1.77. The Balaban J connectivity index is 2.03. The Morgan fingerprint density at radius 2 is 1.65 bits per heavy atom. The Hall–Kier alpha value is -2.13. The van der Waals surface area contributed by atoms with Crippen LogP contribution in [0.1, 0.15) is 29.3 Å². The maximum Gasteiger partial charge on any atom is 0.193 e. The Bertz CT molecular complexity index is 546. The normalized spacial score (nSPS) is 11.9. The first-order valence-electron chi connectivity index (χ1n) is 6.71. The van der Waals surface area contributed by atoms with Gasteiger partial charge in [0.1, 0.15) is 12.4 Å². The van der Waals surface area contributed by atoms with Crippen LogP contribution >= 0.6 is 0 Å². The number of ether oxygens (including phenoxy) is 1. The zero-order chi connectivity index (χ0) is 14.4. The van der Waals surface area contributed by atoms with Gasteiger partial charge in [-0.05, 0) is 30.7 Å². The number of ketones is 1. The maximum atomic E-state index is 12.2. The van der Waals surface area contributed by atoms with Gasteiger partial charge in [-0.15, -0.1) is 0 Å². The number of carbonyl (C=O) groups excluding carboxylic acids is 1. The van der Waals surface area contributed by atoms with Gasteiger partial charge in [-0.1, -0.05) is 37.3 Å². The van der Waals surface area contributed by atoms with Gasteiger partial charge < -0.3 is 9.84 Å². The van der Waals surface area contributed by atoms with E-state index in [1.54, 1.807) is 36.4 Å². The molecule has 0 radical (unpaired) electrons. The lowest BCUT2D eigenvalue weighted by atomic mass is 10.0. The minimum atomic E-state index is -0.458. The van der Waals surface area contributed by atoms with Gasteiger partial charge >= 0.3 is 0 Å². The number of hydrogen-bond donors (Lipinski definition) is 1. The van der Waals surface area contributed by atoms with Crippen LogP contribution in [0.15, 0.2) is 54.6 Å². The Kier molecular flexibility index (Phi) is 4.91. The number of rotatable bonds is 6. The molecule has 0 aliphatic carbocycles. The molecule has 3 nitrogen and oxygen atoms in total. The van der Waals surface area contributed by atoms with E-state index in [-0.39, 0.29) is 12.4 Å². The van der Waals surface area contributed by atoms with Gasteiger partial charge in [0.05, 0.1) is 6.10 Å². The molecule has 0 aliphatic rings. The van der Waals surface area contributed by atoms with E-state index in [1.807, 2.05) is 25.1 Å². The molecule has 0 bridgehead atoms. The Morgan fingerprint density at radius 3 is 2.25 bits per heavy atom. The lowest BCUT2D eigenvalue weighted by Gasteiger charge is -2.10. The van der Waals surface area contributed by atoms with Crippen molar-refractivity contribution in [2.75, 3.05) is 6.61 Å². The van der Waals surface area contributed by atoms with Crippen molar-refractivity contribution < 1.29 is 14.6 Å². The molecule has 2 rings (SSSR count). The molecule has 2 aromatic carbocycles. The van der Waals surface area contributed by atoms with E-state index in [1.165, 1.54) is 0 Å². The zero-order valence-electron chi connectivity index (χ0n) is 11.5. The van der Waals surface area contributed by atoms with E-state index >= 15 is 0 Å². The van der Waals surface area contributed by atoms with Crippen LogP contribution in [0.5, 0.6) is 5.75 Å². The number of benzene rings is 2. The van der Waals surface area contributed by atoms with Gasteiger partial charge in [-0.3, -0.25) is 4.79 Å². The summed E-state index contributed by atoms with van der Waals surface area (Å²) in [5.41, 5.74) is 1.29. The van der Waals surface area contributed by atoms with E-state index in [4.69, 9.17) is 4.74 Å². The predicted octanol–water partition coefficient (Wildman–Crippen LogP) is 3.07. The van der Waals surface area contributed by atoms with Gasteiger partial charge in [0.15, 0.2) is 5.78 Å². The predicted molar refractivity (Wildman–Crippen MR) is 78.1 cm³/mol. The molecule has 0 saturated heterocycles. The summed E-state index contributed by atoms with van der Waals surface area (Å²) in [4.78, 5) is 12.2. The lowest BCUT2D eigenvalue weighted by Crippen LogP contribution is -2.16. The molecule has 0 saturated carbocycles. The number of aliphatic hydroxyl groups is 1. The van der Waals surface area contributed by atoms with Gasteiger partial charge in [-0.2, -0.15) is 0 Å². The summed E-state index contributed by atoms with van der Waals surface area (Å²) in [5.74, 6) is 0.646. The van der Waals surface area contributed by atoms with Crippen molar-refractivity contribution in [3.63, 3.8) is 0 Å². The van der Waals surface area contributed by atoms with E-state index in [0.29, 0.717) is 23.3 Å². The molecule has 0 fully saturated rings. The minimum absolute atomic E-state index is 0.00857. The molecule has 0 heterocycles. The molecule has 2 aromatic rings. The lowest BCUT2D eigenvalue weighted by molar-refractivity contribution is 0.103. The van der Waals surface area contributed by atoms with Crippen LogP contribution in [0.2, 0.25) is 0 Å². The molecule has 1 unspecified atom stereocenters. The molecule has 104 valence electrons. The van der Waals surface area contributed by atoms with E-state index < -0.39 is 6.10 Å². The smallest absolute Gasteiger partial charge is 0.193 e. The van der Waals surface area contributed by atoms with Gasteiger partial charge in [0.25, 0.3) is 0 Å². The van der Waals surface area contributed by atoms with Crippen molar-refractivity contribution in [2.24, 2.45) is 0 Å². The zero-order valence-corrected chi connectivity index (χ0v) is 11.5. The molecule has 0 amide bonds. The summed E-state index contributed by atoms with van der Waals surface area (Å²) < 4.78 is 5.44. The molecule has 1 atom stereocenters. The van der Waals surface area contributed by atoms with Crippen molar-refractivity contribution in [2.45, 2.75) is 19.4 Å². The van der Waals surface area contributed by atoms with Crippen LogP contribution in [-0.4, -0.2) is 23.6 Å². The van der Waals surface area contributed by atoms with Crippen LogP contribution in [0.4, 0.5) is 0 Å². The molecule has 0 spiro atoms.